The molecule has 0 amide bonds. The topological polar surface area (TPSA) is 79.1 Å². The van der Waals surface area contributed by atoms with Gasteiger partial charge in [0, 0.05) is 0 Å². The molecule has 0 bridgehead atoms. The first-order chi connectivity index (χ1) is 13.3. The molecule has 0 saturated carbocycles. The number of benzene rings is 2. The molecule has 1 aromatic heterocycles. The average molecular weight is 380 g/mol. The molecule has 0 aliphatic carbocycles. The Morgan fingerprint density at radius 1 is 1.11 bits per heavy atom. The van der Waals surface area contributed by atoms with Gasteiger partial charge in [-0.1, -0.05) is 53.9 Å². The zero-order valence-corrected chi connectivity index (χ0v) is 15.3. The van der Waals surface area contributed by atoms with Crippen LogP contribution in [0, 0.1) is 11.8 Å². The molecule has 0 N–H and O–H groups in total. The fourth-order valence-electron chi connectivity index (χ4n) is 2.19. The van der Waals surface area contributed by atoms with Gasteiger partial charge in [-0.2, -0.15) is 4.68 Å². The quantitative estimate of drug-likeness (QED) is 0.369. The lowest BCUT2D eigenvalue weighted by molar-refractivity contribution is 0.0556. The number of thioether (sulfide) groups is 1. The van der Waals surface area contributed by atoms with Crippen LogP contribution in [0.25, 0.3) is 5.69 Å². The fraction of sp³-hybridized carbons (Fsp3) is 0.158. The van der Waals surface area contributed by atoms with Crippen molar-refractivity contribution in [1.82, 2.24) is 20.2 Å². The van der Waals surface area contributed by atoms with Gasteiger partial charge in [-0.25, -0.2) is 4.79 Å². The van der Waals surface area contributed by atoms with E-state index >= 15 is 0 Å². The molecular formula is C19H16N4O3S. The zero-order chi connectivity index (χ0) is 18.9. The van der Waals surface area contributed by atoms with Crippen molar-refractivity contribution < 1.29 is 14.3 Å². The Kier molecular flexibility index (Phi) is 6.44. The highest BCUT2D eigenvalue weighted by atomic mass is 32.2. The van der Waals surface area contributed by atoms with Crippen molar-refractivity contribution in [3.05, 3.63) is 60.2 Å². The van der Waals surface area contributed by atoms with Gasteiger partial charge in [-0.05, 0) is 34.7 Å². The van der Waals surface area contributed by atoms with Crippen molar-refractivity contribution in [3.8, 4) is 23.3 Å². The van der Waals surface area contributed by atoms with Gasteiger partial charge in [0.15, 0.2) is 6.61 Å². The second kappa shape index (κ2) is 9.40. The Labute approximate surface area is 160 Å². The third-order valence-electron chi connectivity index (χ3n) is 3.44. The summed E-state index contributed by atoms with van der Waals surface area (Å²) in [5.41, 5.74) is 1.25. The van der Waals surface area contributed by atoms with Crippen molar-refractivity contribution in [3.63, 3.8) is 0 Å². The summed E-state index contributed by atoms with van der Waals surface area (Å²) in [6, 6.07) is 16.3. The number of hydrogen-bond acceptors (Lipinski definition) is 7. The Hall–Kier alpha value is -3.31. The number of hydrogen-bond donors (Lipinski definition) is 0. The van der Waals surface area contributed by atoms with E-state index < -0.39 is 5.97 Å². The van der Waals surface area contributed by atoms with Crippen LogP contribution in [0.3, 0.4) is 0 Å². The molecule has 27 heavy (non-hydrogen) atoms. The third kappa shape index (κ3) is 4.86. The van der Waals surface area contributed by atoms with E-state index in [9.17, 15) is 4.79 Å². The largest absolute Gasteiger partial charge is 0.494 e. The number of methoxy groups -OCH3 is 1. The fourth-order valence-corrected chi connectivity index (χ4v) is 2.84. The van der Waals surface area contributed by atoms with Crippen LogP contribution in [0.4, 0.5) is 0 Å². The van der Waals surface area contributed by atoms with Crippen LogP contribution in [-0.4, -0.2) is 45.6 Å². The number of tetrazole rings is 1. The van der Waals surface area contributed by atoms with Crippen molar-refractivity contribution in [2.24, 2.45) is 0 Å². The lowest BCUT2D eigenvalue weighted by Gasteiger charge is -2.08. The molecule has 3 rings (SSSR count). The lowest BCUT2D eigenvalue weighted by Crippen LogP contribution is -2.04. The highest BCUT2D eigenvalue weighted by Gasteiger charge is 2.12. The summed E-state index contributed by atoms with van der Waals surface area (Å²) in [7, 11) is 1.60. The van der Waals surface area contributed by atoms with Crippen LogP contribution in [0.1, 0.15) is 10.4 Å². The molecule has 8 heteroatoms. The van der Waals surface area contributed by atoms with Crippen molar-refractivity contribution in [2.45, 2.75) is 5.16 Å². The SMILES string of the molecule is COc1ccccc1-n1nnnc1SCC#CCOC(=O)c1ccccc1. The van der Waals surface area contributed by atoms with Crippen LogP contribution in [0.5, 0.6) is 5.75 Å². The molecule has 136 valence electrons. The van der Waals surface area contributed by atoms with E-state index in [1.807, 2.05) is 30.3 Å². The predicted molar refractivity (Wildman–Crippen MR) is 101 cm³/mol. The first kappa shape index (κ1) is 18.5. The van der Waals surface area contributed by atoms with Crippen molar-refractivity contribution in [2.75, 3.05) is 19.5 Å². The van der Waals surface area contributed by atoms with Crippen molar-refractivity contribution >= 4 is 17.7 Å². The van der Waals surface area contributed by atoms with E-state index in [0.717, 1.165) is 5.69 Å². The first-order valence-electron chi connectivity index (χ1n) is 8.02. The summed E-state index contributed by atoms with van der Waals surface area (Å²) >= 11 is 1.38. The van der Waals surface area contributed by atoms with Crippen molar-refractivity contribution in [1.29, 1.82) is 0 Å². The van der Waals surface area contributed by atoms with Gasteiger partial charge in [0.25, 0.3) is 0 Å². The minimum atomic E-state index is -0.391. The summed E-state index contributed by atoms with van der Waals surface area (Å²) in [6.07, 6.45) is 0. The van der Waals surface area contributed by atoms with Gasteiger partial charge >= 0.3 is 5.97 Å². The number of nitrogens with zero attached hydrogens (tertiary/aromatic N) is 4. The maximum atomic E-state index is 11.8. The zero-order valence-electron chi connectivity index (χ0n) is 14.5. The van der Waals surface area contributed by atoms with E-state index in [4.69, 9.17) is 9.47 Å². The predicted octanol–water partition coefficient (Wildman–Crippen LogP) is 2.62. The van der Waals surface area contributed by atoms with E-state index in [-0.39, 0.29) is 6.61 Å². The minimum Gasteiger partial charge on any atom is -0.494 e. The molecule has 3 aromatic rings. The van der Waals surface area contributed by atoms with E-state index in [1.165, 1.54) is 11.8 Å². The molecule has 0 spiro atoms. The normalized spacial score (nSPS) is 9.96. The smallest absolute Gasteiger partial charge is 0.339 e. The van der Waals surface area contributed by atoms with E-state index in [1.54, 1.807) is 36.1 Å². The van der Waals surface area contributed by atoms with Gasteiger partial charge in [-0.15, -0.1) is 5.10 Å². The Morgan fingerprint density at radius 2 is 1.89 bits per heavy atom. The Balaban J connectivity index is 1.53. The Morgan fingerprint density at radius 3 is 2.70 bits per heavy atom. The molecule has 0 fully saturated rings. The second-order valence-electron chi connectivity index (χ2n) is 5.13. The summed E-state index contributed by atoms with van der Waals surface area (Å²) < 4.78 is 12.0. The van der Waals surface area contributed by atoms with Gasteiger partial charge in [0.2, 0.25) is 5.16 Å². The molecule has 2 aromatic carbocycles. The standard InChI is InChI=1S/C19H16N4O3S/c1-25-17-12-6-5-11-16(17)23-19(20-21-22-23)27-14-8-7-13-26-18(24)15-9-3-2-4-10-15/h2-6,9-12H,13-14H2,1H3. The van der Waals surface area contributed by atoms with Crippen LogP contribution in [0.15, 0.2) is 59.8 Å². The number of para-hydroxylation sites is 2. The molecule has 0 atom stereocenters. The van der Waals surface area contributed by atoms with Crippen LogP contribution in [0.2, 0.25) is 0 Å². The van der Waals surface area contributed by atoms with Crippen LogP contribution >= 0.6 is 11.8 Å². The highest BCUT2D eigenvalue weighted by molar-refractivity contribution is 7.99. The van der Waals surface area contributed by atoms with Gasteiger partial charge < -0.3 is 9.47 Å². The van der Waals surface area contributed by atoms with E-state index in [0.29, 0.717) is 22.2 Å². The maximum Gasteiger partial charge on any atom is 0.339 e. The number of esters is 1. The molecule has 0 radical (unpaired) electrons. The lowest BCUT2D eigenvalue weighted by atomic mass is 10.2. The molecular weight excluding hydrogens is 364 g/mol. The number of aromatic nitrogens is 4. The molecule has 0 saturated heterocycles. The molecule has 0 aliphatic heterocycles. The number of carbonyl (C=O) groups is 1. The van der Waals surface area contributed by atoms with Crippen LogP contribution in [-0.2, 0) is 4.74 Å². The highest BCUT2D eigenvalue weighted by Crippen LogP contribution is 2.25. The molecule has 0 aliphatic rings. The second-order valence-corrected chi connectivity index (χ2v) is 6.07. The van der Waals surface area contributed by atoms with Gasteiger partial charge in [0.05, 0.1) is 18.4 Å². The van der Waals surface area contributed by atoms with E-state index in [2.05, 4.69) is 27.4 Å². The summed E-state index contributed by atoms with van der Waals surface area (Å²) in [4.78, 5) is 11.8. The van der Waals surface area contributed by atoms with Gasteiger partial charge in [-0.3, -0.25) is 0 Å². The summed E-state index contributed by atoms with van der Waals surface area (Å²) in [6.45, 7) is 0.0335. The summed E-state index contributed by atoms with van der Waals surface area (Å²) in [5.74, 6) is 6.48. The summed E-state index contributed by atoms with van der Waals surface area (Å²) in [5, 5.41) is 12.3. The molecule has 0 unspecified atom stereocenters. The maximum absolute atomic E-state index is 11.8. The number of ether oxygens (including phenoxy) is 2. The minimum absolute atomic E-state index is 0.0335. The monoisotopic (exact) mass is 380 g/mol. The Bertz CT molecular complexity index is 964. The first-order valence-corrected chi connectivity index (χ1v) is 9.00. The van der Waals surface area contributed by atoms with Gasteiger partial charge in [0.1, 0.15) is 11.4 Å². The molecule has 7 nitrogen and oxygen atoms in total. The number of carbonyl (C=O) groups excluding carboxylic acids is 1. The molecule has 1 heterocycles. The third-order valence-corrected chi connectivity index (χ3v) is 4.24. The van der Waals surface area contributed by atoms with Crippen LogP contribution < -0.4 is 4.74 Å². The average Bonchev–Trinajstić information content (AvgIpc) is 3.19. The number of rotatable bonds is 6.